The highest BCUT2D eigenvalue weighted by Crippen LogP contribution is 2.32. The summed E-state index contributed by atoms with van der Waals surface area (Å²) >= 11 is 0. The molecule has 9 nitrogen and oxygen atoms in total. The maximum absolute atomic E-state index is 12.6. The molecule has 3 heterocycles. The normalized spacial score (nSPS) is 19.2. The molecular weight excluding hydrogens is 336 g/mol. The van der Waals surface area contributed by atoms with Crippen molar-refractivity contribution in [2.45, 2.75) is 13.0 Å². The van der Waals surface area contributed by atoms with Gasteiger partial charge in [-0.05, 0) is 31.2 Å². The van der Waals surface area contributed by atoms with Crippen LogP contribution in [0, 0.1) is 0 Å². The van der Waals surface area contributed by atoms with Gasteiger partial charge in [-0.3, -0.25) is 4.79 Å². The van der Waals surface area contributed by atoms with Crippen LogP contribution in [-0.2, 0) is 4.79 Å². The molecule has 1 unspecified atom stereocenters. The number of carbonyl (C=O) groups excluding carboxylic acids is 2. The lowest BCUT2D eigenvalue weighted by Crippen LogP contribution is -2.59. The van der Waals surface area contributed by atoms with E-state index >= 15 is 0 Å². The average Bonchev–Trinajstić information content (AvgIpc) is 3.19. The summed E-state index contributed by atoms with van der Waals surface area (Å²) in [4.78, 5) is 27.9. The van der Waals surface area contributed by atoms with Crippen LogP contribution in [0.15, 0.2) is 24.3 Å². The number of ether oxygens (including phenoxy) is 1. The number of aromatic nitrogens is 3. The van der Waals surface area contributed by atoms with Crippen LogP contribution in [0.1, 0.15) is 6.92 Å². The number of hydrogen-bond acceptors (Lipinski definition) is 6. The number of urea groups is 1. The standard InChI is InChI=1S/C17H19N6O3/c1-5-26-11-8-6-10(7-9-11)13-18-19-16-20(2)12-14(23(13)16)21(3)17(25)22(4)15(12)24/h6-9,12H,5H2,1-4H3/q+1. The molecule has 1 atom stereocenters. The number of imide groups is 1. The molecule has 134 valence electrons. The number of hydrogen-bond donors (Lipinski definition) is 0. The van der Waals surface area contributed by atoms with Gasteiger partial charge >= 0.3 is 11.9 Å². The van der Waals surface area contributed by atoms with E-state index in [9.17, 15) is 9.59 Å². The molecule has 0 saturated heterocycles. The van der Waals surface area contributed by atoms with Gasteiger partial charge in [0.15, 0.2) is 0 Å². The highest BCUT2D eigenvalue weighted by molar-refractivity contribution is 6.18. The van der Waals surface area contributed by atoms with Gasteiger partial charge in [0.05, 0.1) is 20.7 Å². The maximum Gasteiger partial charge on any atom is 0.445 e. The molecule has 2 aliphatic heterocycles. The zero-order chi connectivity index (χ0) is 18.6. The fraction of sp³-hybridized carbons (Fsp3) is 0.353. The zero-order valence-electron chi connectivity index (χ0n) is 15.0. The zero-order valence-corrected chi connectivity index (χ0v) is 15.0. The Morgan fingerprint density at radius 2 is 1.85 bits per heavy atom. The van der Waals surface area contributed by atoms with Crippen molar-refractivity contribution in [3.8, 4) is 17.1 Å². The minimum absolute atomic E-state index is 0.284. The van der Waals surface area contributed by atoms with E-state index in [4.69, 9.17) is 4.74 Å². The molecule has 2 aliphatic rings. The molecule has 26 heavy (non-hydrogen) atoms. The van der Waals surface area contributed by atoms with Gasteiger partial charge in [0, 0.05) is 12.6 Å². The van der Waals surface area contributed by atoms with Crippen molar-refractivity contribution in [1.29, 1.82) is 0 Å². The molecule has 9 heteroatoms. The second-order valence-electron chi connectivity index (χ2n) is 6.23. The van der Waals surface area contributed by atoms with Crippen molar-refractivity contribution in [3.05, 3.63) is 24.3 Å². The van der Waals surface area contributed by atoms with Crippen LogP contribution in [0.5, 0.6) is 5.75 Å². The van der Waals surface area contributed by atoms with E-state index < -0.39 is 6.04 Å². The summed E-state index contributed by atoms with van der Waals surface area (Å²) in [6.45, 7) is 2.52. The van der Waals surface area contributed by atoms with E-state index in [0.29, 0.717) is 24.2 Å². The first-order valence-corrected chi connectivity index (χ1v) is 8.29. The van der Waals surface area contributed by atoms with Crippen molar-refractivity contribution >= 4 is 23.7 Å². The highest BCUT2D eigenvalue weighted by Gasteiger charge is 2.54. The molecule has 1 aromatic carbocycles. The smallest absolute Gasteiger partial charge is 0.445 e. The maximum atomic E-state index is 12.6. The molecule has 0 bridgehead atoms. The lowest BCUT2D eigenvalue weighted by Gasteiger charge is -2.24. The van der Waals surface area contributed by atoms with Crippen molar-refractivity contribution in [2.75, 3.05) is 32.6 Å². The molecule has 0 spiro atoms. The van der Waals surface area contributed by atoms with Crippen LogP contribution >= 0.6 is 0 Å². The molecule has 0 radical (unpaired) electrons. The number of nitrogens with zero attached hydrogens (tertiary/aromatic N) is 6. The molecule has 0 aliphatic carbocycles. The summed E-state index contributed by atoms with van der Waals surface area (Å²) in [5, 5.41) is 8.51. The summed E-state index contributed by atoms with van der Waals surface area (Å²) in [7, 11) is 4.91. The Hall–Kier alpha value is -3.23. The minimum atomic E-state index is -0.602. The Morgan fingerprint density at radius 3 is 2.50 bits per heavy atom. The molecule has 2 aromatic rings. The van der Waals surface area contributed by atoms with E-state index in [1.165, 1.54) is 11.6 Å². The van der Waals surface area contributed by atoms with Gasteiger partial charge in [-0.15, -0.1) is 5.10 Å². The number of amides is 3. The van der Waals surface area contributed by atoms with E-state index in [1.807, 2.05) is 31.2 Å². The van der Waals surface area contributed by atoms with Gasteiger partial charge in [-0.1, -0.05) is 5.10 Å². The number of anilines is 1. The Kier molecular flexibility index (Phi) is 3.53. The Balaban J connectivity index is 1.86. The first-order valence-electron chi connectivity index (χ1n) is 8.29. The molecule has 0 fully saturated rings. The lowest BCUT2D eigenvalue weighted by atomic mass is 10.1. The van der Waals surface area contributed by atoms with Gasteiger partial charge in [0.1, 0.15) is 5.75 Å². The fourth-order valence-electron chi connectivity index (χ4n) is 3.39. The highest BCUT2D eigenvalue weighted by atomic mass is 16.5. The van der Waals surface area contributed by atoms with E-state index in [2.05, 4.69) is 10.2 Å². The Labute approximate surface area is 150 Å². The SMILES string of the molecule is CCOc1ccc(-c2nnc3n2C2=[N+](C)C(=O)N(C)C(=O)C2N3C)cc1. The second kappa shape index (κ2) is 5.65. The molecule has 3 amide bonds. The number of rotatable bonds is 3. The van der Waals surface area contributed by atoms with Crippen molar-refractivity contribution in [2.24, 2.45) is 0 Å². The minimum Gasteiger partial charge on any atom is -0.494 e. The molecule has 0 N–H and O–H groups in total. The third-order valence-electron chi connectivity index (χ3n) is 4.73. The van der Waals surface area contributed by atoms with Crippen molar-refractivity contribution in [3.63, 3.8) is 0 Å². The average molecular weight is 355 g/mol. The Morgan fingerprint density at radius 1 is 1.15 bits per heavy atom. The summed E-state index contributed by atoms with van der Waals surface area (Å²) in [6, 6.07) is 6.50. The number of likely N-dealkylation sites (N-methyl/N-ethyl adjacent to an activating group) is 2. The van der Waals surface area contributed by atoms with Crippen LogP contribution < -0.4 is 9.64 Å². The summed E-state index contributed by atoms with van der Waals surface area (Å²) in [5.74, 6) is 2.13. The van der Waals surface area contributed by atoms with Gasteiger partial charge in [0.2, 0.25) is 17.7 Å². The monoisotopic (exact) mass is 355 g/mol. The van der Waals surface area contributed by atoms with E-state index in [0.717, 1.165) is 16.2 Å². The molecule has 4 rings (SSSR count). The van der Waals surface area contributed by atoms with Crippen molar-refractivity contribution < 1.29 is 18.9 Å². The summed E-state index contributed by atoms with van der Waals surface area (Å²) in [5.41, 5.74) is 0.820. The lowest BCUT2D eigenvalue weighted by molar-refractivity contribution is -0.407. The first-order chi connectivity index (χ1) is 12.5. The van der Waals surface area contributed by atoms with Gasteiger partial charge < -0.3 is 9.64 Å². The van der Waals surface area contributed by atoms with Crippen molar-refractivity contribution in [1.82, 2.24) is 19.7 Å². The summed E-state index contributed by atoms with van der Waals surface area (Å²) in [6.07, 6.45) is 0. The largest absolute Gasteiger partial charge is 0.494 e. The predicted octanol–water partition coefficient (Wildman–Crippen LogP) is 0.643. The third-order valence-corrected chi connectivity index (χ3v) is 4.73. The van der Waals surface area contributed by atoms with Crippen LogP contribution in [-0.4, -0.2) is 75.8 Å². The molecular formula is C17H19N6O3+. The van der Waals surface area contributed by atoms with Crippen LogP contribution in [0.25, 0.3) is 11.4 Å². The van der Waals surface area contributed by atoms with Crippen LogP contribution in [0.2, 0.25) is 0 Å². The molecule has 0 saturated carbocycles. The predicted molar refractivity (Wildman–Crippen MR) is 93.6 cm³/mol. The number of benzene rings is 1. The number of fused-ring (bicyclic) bond motifs is 3. The topological polar surface area (TPSA) is 83.6 Å². The van der Waals surface area contributed by atoms with Crippen LogP contribution in [0.4, 0.5) is 10.7 Å². The van der Waals surface area contributed by atoms with Gasteiger partial charge in [0.25, 0.3) is 5.95 Å². The second-order valence-corrected chi connectivity index (χ2v) is 6.23. The van der Waals surface area contributed by atoms with E-state index in [-0.39, 0.29) is 11.9 Å². The first kappa shape index (κ1) is 16.2. The fourth-order valence-corrected chi connectivity index (χ4v) is 3.39. The summed E-state index contributed by atoms with van der Waals surface area (Å²) < 4.78 is 8.71. The number of carbonyl (C=O) groups is 2. The van der Waals surface area contributed by atoms with Crippen LogP contribution in [0.3, 0.4) is 0 Å². The van der Waals surface area contributed by atoms with Gasteiger partial charge in [-0.25, -0.2) is 9.37 Å². The Bertz CT molecular complexity index is 946. The molecule has 1 aromatic heterocycles. The third kappa shape index (κ3) is 2.06. The quantitative estimate of drug-likeness (QED) is 0.752. The van der Waals surface area contributed by atoms with Gasteiger partial charge in [-0.2, -0.15) is 9.47 Å². The van der Waals surface area contributed by atoms with E-state index in [1.54, 1.807) is 23.6 Å².